The molecular weight excluding hydrogens is 334 g/mol. The minimum atomic E-state index is -2.74. The van der Waals surface area contributed by atoms with Gasteiger partial charge in [-0.3, -0.25) is 4.57 Å². The SMILES string of the molecule is [2H]C([2H])([2H])Oc1cc(C)c2c(ccn2C(=O)OC(C)(C)C)c1C([2H])([2H])Br. The number of aromatic nitrogens is 1. The number of ether oxygens (including phenoxy) is 2. The number of rotatable bonds is 2. The quantitative estimate of drug-likeness (QED) is 0.734. The molecule has 4 nitrogen and oxygen atoms in total. The summed E-state index contributed by atoms with van der Waals surface area (Å²) in [6.07, 6.45) is 0.855. The van der Waals surface area contributed by atoms with Crippen LogP contribution in [-0.2, 0) is 10.0 Å². The Kier molecular flexibility index (Phi) is 2.80. The number of hydrogen-bond acceptors (Lipinski definition) is 3. The third-order valence-corrected chi connectivity index (χ3v) is 3.31. The Morgan fingerprint density at radius 3 is 2.81 bits per heavy atom. The van der Waals surface area contributed by atoms with Gasteiger partial charge in [-0.05, 0) is 45.4 Å². The van der Waals surface area contributed by atoms with Gasteiger partial charge in [-0.2, -0.15) is 0 Å². The van der Waals surface area contributed by atoms with Crippen LogP contribution in [0.2, 0.25) is 0 Å². The van der Waals surface area contributed by atoms with Crippen molar-refractivity contribution >= 4 is 32.9 Å². The van der Waals surface area contributed by atoms with Gasteiger partial charge in [0, 0.05) is 25.2 Å². The number of benzene rings is 1. The highest BCUT2D eigenvalue weighted by molar-refractivity contribution is 9.08. The molecule has 0 amide bonds. The molecule has 1 heterocycles. The van der Waals surface area contributed by atoms with Crippen LogP contribution >= 0.6 is 15.9 Å². The molecule has 0 bridgehead atoms. The van der Waals surface area contributed by atoms with Crippen LogP contribution in [-0.4, -0.2) is 23.3 Å². The Hall–Kier alpha value is -1.49. The largest absolute Gasteiger partial charge is 0.496 e. The summed E-state index contributed by atoms with van der Waals surface area (Å²) in [7, 11) is -2.74. The Balaban J connectivity index is 2.73. The Morgan fingerprint density at radius 2 is 2.24 bits per heavy atom. The number of carbonyl (C=O) groups excluding carboxylic acids is 1. The minimum absolute atomic E-state index is 0.00321. The van der Waals surface area contributed by atoms with E-state index in [1.165, 1.54) is 22.9 Å². The van der Waals surface area contributed by atoms with Crippen molar-refractivity contribution in [3.63, 3.8) is 0 Å². The molecule has 114 valence electrons. The van der Waals surface area contributed by atoms with Crippen LogP contribution < -0.4 is 4.74 Å². The maximum Gasteiger partial charge on any atom is 0.419 e. The molecule has 2 aromatic rings. The van der Waals surface area contributed by atoms with Gasteiger partial charge in [0.25, 0.3) is 0 Å². The predicted molar refractivity (Wildman–Crippen MR) is 87.5 cm³/mol. The third kappa shape index (κ3) is 3.07. The molecule has 0 atom stereocenters. The van der Waals surface area contributed by atoms with E-state index in [9.17, 15) is 4.79 Å². The maximum absolute atomic E-state index is 12.5. The van der Waals surface area contributed by atoms with Crippen LogP contribution in [0.4, 0.5) is 4.79 Å². The number of hydrogen-bond donors (Lipinski definition) is 0. The molecule has 0 aliphatic carbocycles. The second-order valence-corrected chi connectivity index (χ2v) is 6.09. The van der Waals surface area contributed by atoms with E-state index in [2.05, 4.69) is 15.9 Å². The minimum Gasteiger partial charge on any atom is -0.496 e. The fourth-order valence-corrected chi connectivity index (χ4v) is 2.56. The molecule has 1 aromatic heterocycles. The van der Waals surface area contributed by atoms with E-state index in [0.29, 0.717) is 16.5 Å². The molecule has 0 saturated heterocycles. The number of nitrogens with zero attached hydrogens (tertiary/aromatic N) is 1. The van der Waals surface area contributed by atoms with Gasteiger partial charge >= 0.3 is 6.09 Å². The molecule has 0 unspecified atom stereocenters. The van der Waals surface area contributed by atoms with Crippen molar-refractivity contribution in [2.45, 2.75) is 38.6 Å². The summed E-state index contributed by atoms with van der Waals surface area (Å²) in [5.74, 6) is -0.112. The Bertz CT molecular complexity index is 847. The lowest BCUT2D eigenvalue weighted by atomic mass is 10.1. The Morgan fingerprint density at radius 1 is 1.52 bits per heavy atom. The first-order valence-corrected chi connectivity index (χ1v) is 7.16. The molecular formula is C16H20BrNO3. The zero-order chi connectivity index (χ0) is 20.1. The van der Waals surface area contributed by atoms with Crippen molar-refractivity contribution < 1.29 is 21.1 Å². The van der Waals surface area contributed by atoms with Crippen molar-refractivity contribution in [3.8, 4) is 5.75 Å². The van der Waals surface area contributed by atoms with Gasteiger partial charge in [0.2, 0.25) is 0 Å². The third-order valence-electron chi connectivity index (χ3n) is 2.92. The molecule has 0 saturated carbocycles. The number of aryl methyl sites for hydroxylation is 1. The van der Waals surface area contributed by atoms with Crippen molar-refractivity contribution in [2.24, 2.45) is 0 Å². The normalized spacial score (nSPS) is 16.5. The van der Waals surface area contributed by atoms with Gasteiger partial charge in [0.05, 0.1) is 16.7 Å². The topological polar surface area (TPSA) is 40.5 Å². The van der Waals surface area contributed by atoms with E-state index in [4.69, 9.17) is 16.3 Å². The van der Waals surface area contributed by atoms with E-state index >= 15 is 0 Å². The van der Waals surface area contributed by atoms with Crippen molar-refractivity contribution in [1.82, 2.24) is 4.57 Å². The summed E-state index contributed by atoms with van der Waals surface area (Å²) in [6.45, 7) is 6.92. The summed E-state index contributed by atoms with van der Waals surface area (Å²) < 4.78 is 49.7. The summed E-state index contributed by atoms with van der Waals surface area (Å²) in [4.78, 5) is 12.5. The number of fused-ring (bicyclic) bond motifs is 1. The molecule has 1 aromatic carbocycles. The highest BCUT2D eigenvalue weighted by Gasteiger charge is 2.21. The second kappa shape index (κ2) is 5.72. The van der Waals surface area contributed by atoms with E-state index in [0.717, 1.165) is 0 Å². The lowest BCUT2D eigenvalue weighted by Gasteiger charge is -2.20. The first-order chi connectivity index (χ1) is 11.6. The summed E-state index contributed by atoms with van der Waals surface area (Å²) >= 11 is 2.93. The average Bonchev–Trinajstić information content (AvgIpc) is 2.77. The highest BCUT2D eigenvalue weighted by Crippen LogP contribution is 2.33. The van der Waals surface area contributed by atoms with Gasteiger partial charge in [0.15, 0.2) is 0 Å². The lowest BCUT2D eigenvalue weighted by molar-refractivity contribution is 0.0544. The van der Waals surface area contributed by atoms with Crippen LogP contribution in [0, 0.1) is 6.92 Å². The van der Waals surface area contributed by atoms with Gasteiger partial charge in [-0.25, -0.2) is 4.79 Å². The fraction of sp³-hybridized carbons (Fsp3) is 0.438. The van der Waals surface area contributed by atoms with Crippen LogP contribution in [0.5, 0.6) is 5.75 Å². The van der Waals surface area contributed by atoms with Gasteiger partial charge in [-0.15, -0.1) is 0 Å². The molecule has 5 heteroatoms. The molecule has 0 aliphatic heterocycles. The summed E-state index contributed by atoms with van der Waals surface area (Å²) in [6, 6.07) is 2.94. The van der Waals surface area contributed by atoms with Crippen LogP contribution in [0.25, 0.3) is 10.9 Å². The molecule has 0 spiro atoms. The molecule has 2 rings (SSSR count). The zero-order valence-corrected chi connectivity index (χ0v) is 13.9. The number of carbonyl (C=O) groups is 1. The fourth-order valence-electron chi connectivity index (χ4n) is 2.15. The van der Waals surface area contributed by atoms with Crippen molar-refractivity contribution in [1.29, 1.82) is 0 Å². The van der Waals surface area contributed by atoms with Crippen molar-refractivity contribution in [2.75, 3.05) is 7.04 Å². The predicted octanol–water partition coefficient (Wildman–Crippen LogP) is 4.64. The number of alkyl halides is 1. The standard InChI is InChI=1S/C16H20BrNO3/c1-10-8-13(20-5)12(9-17)11-6-7-18(14(10)11)15(19)21-16(2,3)4/h6-8H,9H2,1-5H3/i5D3,9D2. The summed E-state index contributed by atoms with van der Waals surface area (Å²) in [5.41, 5.74) is 0.279. The maximum atomic E-state index is 12.5. The van der Waals surface area contributed by atoms with Crippen molar-refractivity contribution in [3.05, 3.63) is 29.5 Å². The monoisotopic (exact) mass is 358 g/mol. The van der Waals surface area contributed by atoms with Crippen LogP contribution in [0.15, 0.2) is 18.3 Å². The molecule has 0 fully saturated rings. The second-order valence-electron chi connectivity index (χ2n) is 5.69. The van der Waals surface area contributed by atoms with E-state index in [-0.39, 0.29) is 11.3 Å². The van der Waals surface area contributed by atoms with Crippen LogP contribution in [0.3, 0.4) is 0 Å². The Labute approximate surface area is 140 Å². The van der Waals surface area contributed by atoms with E-state index in [1.807, 2.05) is 0 Å². The van der Waals surface area contributed by atoms with Gasteiger partial charge in [0.1, 0.15) is 11.4 Å². The molecule has 21 heavy (non-hydrogen) atoms. The zero-order valence-electron chi connectivity index (χ0n) is 17.3. The number of methoxy groups -OCH3 is 1. The van der Waals surface area contributed by atoms with Gasteiger partial charge in [-0.1, -0.05) is 15.9 Å². The summed E-state index contributed by atoms with van der Waals surface area (Å²) in [5, 5.41) is -1.71. The smallest absolute Gasteiger partial charge is 0.419 e. The van der Waals surface area contributed by atoms with Crippen LogP contribution in [0.1, 0.15) is 38.8 Å². The van der Waals surface area contributed by atoms with E-state index in [1.54, 1.807) is 27.7 Å². The average molecular weight is 359 g/mol. The first kappa shape index (κ1) is 10.3. The highest BCUT2D eigenvalue weighted by atomic mass is 79.9. The number of halogens is 1. The van der Waals surface area contributed by atoms with Gasteiger partial charge < -0.3 is 9.47 Å². The molecule has 0 N–H and O–H groups in total. The molecule has 0 aliphatic rings. The van der Waals surface area contributed by atoms with E-state index < -0.39 is 24.0 Å². The lowest BCUT2D eigenvalue weighted by Crippen LogP contribution is -2.26. The first-order valence-electron chi connectivity index (χ1n) is 8.86. The molecule has 0 radical (unpaired) electrons.